The van der Waals surface area contributed by atoms with Gasteiger partial charge in [-0.2, -0.15) is 0 Å². The Morgan fingerprint density at radius 2 is 2.00 bits per heavy atom. The van der Waals surface area contributed by atoms with Crippen molar-refractivity contribution in [2.24, 2.45) is 5.73 Å². The Hall–Kier alpha value is 0.0200. The number of nitrogens with one attached hydrogen (secondary N) is 1. The van der Waals surface area contributed by atoms with Crippen LogP contribution in [0.1, 0.15) is 20.3 Å². The molecule has 0 aliphatic carbocycles. The smallest absolute Gasteiger partial charge is 0.215 e. The van der Waals surface area contributed by atoms with Gasteiger partial charge in [0.15, 0.2) is 0 Å². The highest BCUT2D eigenvalue weighted by atomic mass is 32.2. The molecule has 0 spiro atoms. The molecular formula is C8H20N2O3S2. The van der Waals surface area contributed by atoms with E-state index in [2.05, 4.69) is 4.72 Å². The summed E-state index contributed by atoms with van der Waals surface area (Å²) in [7, 11) is -4.27. The Labute approximate surface area is 94.3 Å². The molecule has 0 aromatic carbocycles. The zero-order valence-electron chi connectivity index (χ0n) is 9.23. The average Bonchev–Trinajstić information content (AvgIpc) is 2.18. The van der Waals surface area contributed by atoms with Gasteiger partial charge in [0.25, 0.3) is 0 Å². The van der Waals surface area contributed by atoms with Crippen LogP contribution < -0.4 is 10.5 Å². The van der Waals surface area contributed by atoms with Crippen molar-refractivity contribution in [1.82, 2.24) is 4.72 Å². The molecule has 7 heteroatoms. The Morgan fingerprint density at radius 1 is 1.40 bits per heavy atom. The lowest BCUT2D eigenvalue weighted by Crippen LogP contribution is -2.40. The summed E-state index contributed by atoms with van der Waals surface area (Å²) in [5, 5.41) is -0.549. The molecule has 0 amide bonds. The first kappa shape index (κ1) is 15.0. The summed E-state index contributed by atoms with van der Waals surface area (Å²) >= 11 is 0. The van der Waals surface area contributed by atoms with E-state index < -0.39 is 26.1 Å². The van der Waals surface area contributed by atoms with E-state index in [9.17, 15) is 12.6 Å². The van der Waals surface area contributed by atoms with Crippen LogP contribution in [-0.2, 0) is 20.8 Å². The molecule has 2 atom stereocenters. The second kappa shape index (κ2) is 7.32. The van der Waals surface area contributed by atoms with Gasteiger partial charge in [0.1, 0.15) is 0 Å². The predicted octanol–water partition coefficient (Wildman–Crippen LogP) is -0.588. The maximum absolute atomic E-state index is 11.6. The highest BCUT2D eigenvalue weighted by Gasteiger charge is 2.21. The maximum atomic E-state index is 11.6. The van der Waals surface area contributed by atoms with Crippen molar-refractivity contribution in [2.45, 2.75) is 25.5 Å². The predicted molar refractivity (Wildman–Crippen MR) is 63.6 cm³/mol. The normalized spacial score (nSPS) is 16.2. The summed E-state index contributed by atoms with van der Waals surface area (Å²) in [5.74, 6) is 0.909. The van der Waals surface area contributed by atoms with Gasteiger partial charge >= 0.3 is 0 Å². The fourth-order valence-electron chi connectivity index (χ4n) is 1.07. The molecule has 0 aromatic rings. The first-order valence-electron chi connectivity index (χ1n) is 5.01. The van der Waals surface area contributed by atoms with E-state index in [-0.39, 0.29) is 13.1 Å². The second-order valence-electron chi connectivity index (χ2n) is 3.14. The Balaban J connectivity index is 4.10. The standard InChI is InChI=1S/C8H20N2O3S2/c1-3-8(7-9)15(12,13)10-5-6-14(11)4-2/h8,10H,3-7,9H2,1-2H3. The van der Waals surface area contributed by atoms with Crippen molar-refractivity contribution in [1.29, 1.82) is 0 Å². The van der Waals surface area contributed by atoms with Gasteiger partial charge in [-0.15, -0.1) is 0 Å². The van der Waals surface area contributed by atoms with Gasteiger partial charge in [-0.05, 0) is 6.42 Å². The van der Waals surface area contributed by atoms with E-state index in [1.165, 1.54) is 0 Å². The summed E-state index contributed by atoms with van der Waals surface area (Å²) in [6.45, 7) is 3.92. The van der Waals surface area contributed by atoms with E-state index in [1.807, 2.05) is 0 Å². The van der Waals surface area contributed by atoms with E-state index >= 15 is 0 Å². The topological polar surface area (TPSA) is 89.3 Å². The Bertz CT molecular complexity index is 286. The molecule has 0 saturated carbocycles. The average molecular weight is 256 g/mol. The Kier molecular flexibility index (Phi) is 7.33. The molecule has 0 fully saturated rings. The molecule has 2 unspecified atom stereocenters. The van der Waals surface area contributed by atoms with Gasteiger partial charge in [-0.1, -0.05) is 13.8 Å². The third-order valence-corrected chi connectivity index (χ3v) is 5.43. The lowest BCUT2D eigenvalue weighted by atomic mass is 10.3. The molecule has 0 aliphatic heterocycles. The highest BCUT2D eigenvalue weighted by molar-refractivity contribution is 7.90. The molecule has 0 radical (unpaired) electrons. The third kappa shape index (κ3) is 5.60. The summed E-state index contributed by atoms with van der Waals surface area (Å²) in [6, 6.07) is 0. The van der Waals surface area contributed by atoms with Crippen molar-refractivity contribution in [3.8, 4) is 0 Å². The van der Waals surface area contributed by atoms with Crippen LogP contribution in [0.3, 0.4) is 0 Å². The van der Waals surface area contributed by atoms with Gasteiger partial charge < -0.3 is 5.73 Å². The van der Waals surface area contributed by atoms with E-state index in [4.69, 9.17) is 5.73 Å². The summed E-state index contributed by atoms with van der Waals surface area (Å²) < 4.78 is 36.6. The fourth-order valence-corrected chi connectivity index (χ4v) is 3.13. The van der Waals surface area contributed by atoms with Crippen molar-refractivity contribution in [3.63, 3.8) is 0 Å². The van der Waals surface area contributed by atoms with E-state index in [1.54, 1.807) is 13.8 Å². The number of nitrogens with two attached hydrogens (primary N) is 1. The van der Waals surface area contributed by atoms with Crippen molar-refractivity contribution >= 4 is 20.8 Å². The van der Waals surface area contributed by atoms with Crippen LogP contribution in [0, 0.1) is 0 Å². The quantitative estimate of drug-likeness (QED) is 0.607. The number of sulfonamides is 1. The fraction of sp³-hybridized carbons (Fsp3) is 1.00. The molecule has 0 aliphatic rings. The van der Waals surface area contributed by atoms with Crippen molar-refractivity contribution in [3.05, 3.63) is 0 Å². The van der Waals surface area contributed by atoms with Crippen LogP contribution in [0.4, 0.5) is 0 Å². The number of rotatable bonds is 8. The van der Waals surface area contributed by atoms with Crippen LogP contribution in [0.15, 0.2) is 0 Å². The van der Waals surface area contributed by atoms with Crippen LogP contribution in [0.2, 0.25) is 0 Å². The van der Waals surface area contributed by atoms with Gasteiger partial charge in [0, 0.05) is 35.4 Å². The minimum Gasteiger partial charge on any atom is -0.329 e. The van der Waals surface area contributed by atoms with Gasteiger partial charge in [0.2, 0.25) is 10.0 Å². The first-order chi connectivity index (χ1) is 6.97. The second-order valence-corrected chi connectivity index (χ2v) is 7.05. The minimum atomic E-state index is -3.34. The van der Waals surface area contributed by atoms with E-state index in [0.29, 0.717) is 17.9 Å². The summed E-state index contributed by atoms with van der Waals surface area (Å²) in [4.78, 5) is 0. The summed E-state index contributed by atoms with van der Waals surface area (Å²) in [6.07, 6.45) is 0.489. The highest BCUT2D eigenvalue weighted by Crippen LogP contribution is 2.01. The molecular weight excluding hydrogens is 236 g/mol. The Morgan fingerprint density at radius 3 is 2.40 bits per heavy atom. The zero-order valence-corrected chi connectivity index (χ0v) is 10.9. The van der Waals surface area contributed by atoms with Crippen LogP contribution in [-0.4, -0.2) is 42.5 Å². The van der Waals surface area contributed by atoms with Gasteiger partial charge in [-0.25, -0.2) is 13.1 Å². The SMILES string of the molecule is CCC(CN)S(=O)(=O)NCCS(=O)CC. The minimum absolute atomic E-state index is 0.114. The largest absolute Gasteiger partial charge is 0.329 e. The van der Waals surface area contributed by atoms with Crippen molar-refractivity contribution in [2.75, 3.05) is 24.6 Å². The van der Waals surface area contributed by atoms with Crippen molar-refractivity contribution < 1.29 is 12.6 Å². The lowest BCUT2D eigenvalue weighted by Gasteiger charge is -2.14. The molecule has 0 rings (SSSR count). The number of hydrogen-bond donors (Lipinski definition) is 2. The van der Waals surface area contributed by atoms with Crippen LogP contribution in [0.5, 0.6) is 0 Å². The van der Waals surface area contributed by atoms with E-state index in [0.717, 1.165) is 0 Å². The lowest BCUT2D eigenvalue weighted by molar-refractivity contribution is 0.563. The van der Waals surface area contributed by atoms with Gasteiger partial charge in [-0.3, -0.25) is 4.21 Å². The monoisotopic (exact) mass is 256 g/mol. The molecule has 3 N–H and O–H groups in total. The van der Waals surface area contributed by atoms with Gasteiger partial charge in [0.05, 0.1) is 5.25 Å². The molecule has 5 nitrogen and oxygen atoms in total. The maximum Gasteiger partial charge on any atom is 0.215 e. The molecule has 0 heterocycles. The van der Waals surface area contributed by atoms with Crippen LogP contribution in [0.25, 0.3) is 0 Å². The summed E-state index contributed by atoms with van der Waals surface area (Å²) in [5.41, 5.74) is 5.35. The molecule has 15 heavy (non-hydrogen) atoms. The molecule has 92 valence electrons. The number of hydrogen-bond acceptors (Lipinski definition) is 4. The third-order valence-electron chi connectivity index (χ3n) is 2.11. The molecule has 0 bridgehead atoms. The molecule has 0 saturated heterocycles. The van der Waals surface area contributed by atoms with Crippen LogP contribution >= 0.6 is 0 Å². The molecule has 0 aromatic heterocycles. The zero-order chi connectivity index (χ0) is 11.9. The first-order valence-corrected chi connectivity index (χ1v) is 8.04.